The number of hydrogen-bond acceptors (Lipinski definition) is 8. The second-order valence-corrected chi connectivity index (χ2v) is 8.33. The molecule has 1 N–H and O–H groups in total. The summed E-state index contributed by atoms with van der Waals surface area (Å²) in [6, 6.07) is 7.19. The largest absolute Gasteiger partial charge is 0.493 e. The molecule has 1 amide bonds. The Morgan fingerprint density at radius 2 is 1.71 bits per heavy atom. The van der Waals surface area contributed by atoms with Crippen molar-refractivity contribution >= 4 is 11.6 Å². The summed E-state index contributed by atoms with van der Waals surface area (Å²) in [7, 11) is 4.02. The molecule has 1 saturated carbocycles. The van der Waals surface area contributed by atoms with Crippen molar-refractivity contribution in [2.45, 2.75) is 31.1 Å². The smallest absolute Gasteiger partial charge is 0.327 e. The Labute approximate surface area is 197 Å². The molecule has 1 aliphatic heterocycles. The molecule has 2 aromatic rings. The second-order valence-electron chi connectivity index (χ2n) is 8.33. The molecule has 10 heteroatoms. The second kappa shape index (κ2) is 9.66. The molecule has 0 radical (unpaired) electrons. The number of methoxy groups -OCH3 is 3. The lowest BCUT2D eigenvalue weighted by Crippen LogP contribution is -2.39. The van der Waals surface area contributed by atoms with Crippen molar-refractivity contribution in [3.63, 3.8) is 0 Å². The molecule has 10 nitrogen and oxygen atoms in total. The Morgan fingerprint density at radius 1 is 1.03 bits per heavy atom. The van der Waals surface area contributed by atoms with Gasteiger partial charge in [-0.2, -0.15) is 0 Å². The van der Waals surface area contributed by atoms with Crippen molar-refractivity contribution in [3.05, 3.63) is 45.5 Å². The zero-order chi connectivity index (χ0) is 24.3. The van der Waals surface area contributed by atoms with Gasteiger partial charge in [-0.1, -0.05) is 18.9 Å². The lowest BCUT2D eigenvalue weighted by Gasteiger charge is -2.31. The predicted molar refractivity (Wildman–Crippen MR) is 123 cm³/mol. The topological polar surface area (TPSA) is 118 Å². The van der Waals surface area contributed by atoms with Gasteiger partial charge in [-0.15, -0.1) is 0 Å². The molecule has 0 saturated heterocycles. The van der Waals surface area contributed by atoms with Crippen molar-refractivity contribution < 1.29 is 33.4 Å². The molecule has 1 heterocycles. The quantitative estimate of drug-likeness (QED) is 0.457. The van der Waals surface area contributed by atoms with Crippen LogP contribution >= 0.6 is 0 Å². The Kier molecular flexibility index (Phi) is 6.67. The van der Waals surface area contributed by atoms with Crippen LogP contribution in [0.2, 0.25) is 0 Å². The number of carbonyl (C=O) groups is 1. The molecule has 0 unspecified atom stereocenters. The van der Waals surface area contributed by atoms with Crippen LogP contribution in [-0.2, 0) is 5.41 Å². The normalized spacial score (nSPS) is 16.0. The van der Waals surface area contributed by atoms with Gasteiger partial charge in [0.25, 0.3) is 5.91 Å². The summed E-state index contributed by atoms with van der Waals surface area (Å²) in [6.07, 6.45) is 3.80. The molecule has 0 spiro atoms. The van der Waals surface area contributed by atoms with E-state index in [-0.39, 0.29) is 28.2 Å². The summed E-state index contributed by atoms with van der Waals surface area (Å²) in [5, 5.41) is 14.8. The molecule has 34 heavy (non-hydrogen) atoms. The first-order valence-electron chi connectivity index (χ1n) is 11.1. The van der Waals surface area contributed by atoms with E-state index in [1.807, 2.05) is 18.2 Å². The molecule has 182 valence electrons. The molecule has 2 aromatic carbocycles. The van der Waals surface area contributed by atoms with Gasteiger partial charge in [0.2, 0.25) is 11.5 Å². The zero-order valence-corrected chi connectivity index (χ0v) is 19.5. The molecule has 0 bridgehead atoms. The van der Waals surface area contributed by atoms with Crippen LogP contribution in [0.15, 0.2) is 24.3 Å². The monoisotopic (exact) mass is 472 g/mol. The van der Waals surface area contributed by atoms with Gasteiger partial charge in [0, 0.05) is 18.0 Å². The van der Waals surface area contributed by atoms with E-state index in [0.717, 1.165) is 31.2 Å². The molecule has 1 fully saturated rings. The molecule has 2 aliphatic rings. The van der Waals surface area contributed by atoms with E-state index in [4.69, 9.17) is 23.7 Å². The number of nitrogens with one attached hydrogen (secondary N) is 1. The fraction of sp³-hybridized carbons (Fsp3) is 0.458. The maximum absolute atomic E-state index is 13.3. The third-order valence-electron chi connectivity index (χ3n) is 6.53. The molecule has 0 aromatic heterocycles. The number of ether oxygens (including phenoxy) is 5. The van der Waals surface area contributed by atoms with Crippen molar-refractivity contribution in [2.24, 2.45) is 0 Å². The third-order valence-corrected chi connectivity index (χ3v) is 6.53. The first-order chi connectivity index (χ1) is 16.4. The minimum atomic E-state index is -0.651. The van der Waals surface area contributed by atoms with Gasteiger partial charge in [-0.3, -0.25) is 14.9 Å². The fourth-order valence-corrected chi connectivity index (χ4v) is 4.83. The standard InChI is InChI=1S/C24H28N2O8/c1-30-19-13-16(20(26(28)29)22(32-3)21(19)31-2)23(27)25-14-24(8-4-5-9-24)15-6-7-17-18(12-15)34-11-10-33-17/h6-7,12-13H,4-5,8-11,14H2,1-3H3,(H,25,27). The van der Waals surface area contributed by atoms with E-state index in [9.17, 15) is 14.9 Å². The van der Waals surface area contributed by atoms with E-state index in [1.165, 1.54) is 27.4 Å². The van der Waals surface area contributed by atoms with Crippen LogP contribution in [0.5, 0.6) is 28.7 Å². The van der Waals surface area contributed by atoms with Gasteiger partial charge >= 0.3 is 5.69 Å². The Bertz CT molecular complexity index is 1090. The Hall–Kier alpha value is -3.69. The average molecular weight is 472 g/mol. The van der Waals surface area contributed by atoms with Crippen LogP contribution < -0.4 is 29.0 Å². The van der Waals surface area contributed by atoms with Crippen LogP contribution in [-0.4, -0.2) is 51.9 Å². The average Bonchev–Trinajstić information content (AvgIpc) is 3.35. The van der Waals surface area contributed by atoms with Crippen LogP contribution in [0, 0.1) is 10.1 Å². The van der Waals surface area contributed by atoms with E-state index >= 15 is 0 Å². The highest BCUT2D eigenvalue weighted by molar-refractivity contribution is 6.00. The van der Waals surface area contributed by atoms with Crippen LogP contribution in [0.4, 0.5) is 5.69 Å². The first-order valence-corrected chi connectivity index (χ1v) is 11.1. The van der Waals surface area contributed by atoms with Crippen molar-refractivity contribution in [3.8, 4) is 28.7 Å². The minimum absolute atomic E-state index is 0.0526. The number of nitro benzene ring substituents is 1. The van der Waals surface area contributed by atoms with Crippen LogP contribution in [0.1, 0.15) is 41.6 Å². The summed E-state index contributed by atoms with van der Waals surface area (Å²) in [5.74, 6) is 0.866. The number of carbonyl (C=O) groups excluding carboxylic acids is 1. The minimum Gasteiger partial charge on any atom is -0.493 e. The Balaban J connectivity index is 1.65. The highest BCUT2D eigenvalue weighted by atomic mass is 16.6. The number of benzene rings is 2. The third kappa shape index (κ3) is 4.15. The van der Waals surface area contributed by atoms with Gasteiger partial charge in [-0.05, 0) is 30.5 Å². The van der Waals surface area contributed by atoms with Gasteiger partial charge in [0.05, 0.1) is 26.3 Å². The molecular formula is C24H28N2O8. The Morgan fingerprint density at radius 3 is 2.32 bits per heavy atom. The van der Waals surface area contributed by atoms with E-state index in [0.29, 0.717) is 31.3 Å². The summed E-state index contributed by atoms with van der Waals surface area (Å²) in [4.78, 5) is 24.5. The first kappa shape index (κ1) is 23.5. The van der Waals surface area contributed by atoms with E-state index < -0.39 is 16.5 Å². The number of fused-ring (bicyclic) bond motifs is 1. The summed E-state index contributed by atoms with van der Waals surface area (Å²) in [6.45, 7) is 1.32. The van der Waals surface area contributed by atoms with Gasteiger partial charge in [-0.25, -0.2) is 0 Å². The molecule has 1 aliphatic carbocycles. The predicted octanol–water partition coefficient (Wildman–Crippen LogP) is 3.63. The number of hydrogen-bond donors (Lipinski definition) is 1. The number of nitrogens with zero attached hydrogens (tertiary/aromatic N) is 1. The highest BCUT2D eigenvalue weighted by Crippen LogP contribution is 2.47. The molecular weight excluding hydrogens is 444 g/mol. The summed E-state index contributed by atoms with van der Waals surface area (Å²) < 4.78 is 27.1. The van der Waals surface area contributed by atoms with Crippen molar-refractivity contribution in [1.29, 1.82) is 0 Å². The highest BCUT2D eigenvalue weighted by Gasteiger charge is 2.38. The lowest BCUT2D eigenvalue weighted by atomic mass is 9.78. The van der Waals surface area contributed by atoms with Crippen molar-refractivity contribution in [1.82, 2.24) is 5.32 Å². The fourth-order valence-electron chi connectivity index (χ4n) is 4.83. The summed E-state index contributed by atoms with van der Waals surface area (Å²) >= 11 is 0. The van der Waals surface area contributed by atoms with Crippen LogP contribution in [0.3, 0.4) is 0 Å². The maximum atomic E-state index is 13.3. The van der Waals surface area contributed by atoms with E-state index in [1.54, 1.807) is 0 Å². The number of rotatable bonds is 8. The van der Waals surface area contributed by atoms with Crippen molar-refractivity contribution in [2.75, 3.05) is 41.1 Å². The van der Waals surface area contributed by atoms with Gasteiger partial charge in [0.1, 0.15) is 18.8 Å². The number of nitro groups is 1. The molecule has 0 atom stereocenters. The van der Waals surface area contributed by atoms with Gasteiger partial charge in [0.15, 0.2) is 17.2 Å². The zero-order valence-electron chi connectivity index (χ0n) is 19.5. The molecule has 4 rings (SSSR count). The maximum Gasteiger partial charge on any atom is 0.327 e. The van der Waals surface area contributed by atoms with Crippen LogP contribution in [0.25, 0.3) is 0 Å². The lowest BCUT2D eigenvalue weighted by molar-refractivity contribution is -0.386. The number of amides is 1. The van der Waals surface area contributed by atoms with E-state index in [2.05, 4.69) is 5.32 Å². The SMILES string of the molecule is COc1cc(C(=O)NCC2(c3ccc4c(c3)OCCO4)CCCC2)c([N+](=O)[O-])c(OC)c1OC. The van der Waals surface area contributed by atoms with Gasteiger partial charge < -0.3 is 29.0 Å². The summed E-state index contributed by atoms with van der Waals surface area (Å²) in [5.41, 5.74) is 0.113.